The summed E-state index contributed by atoms with van der Waals surface area (Å²) >= 11 is 7.62. The van der Waals surface area contributed by atoms with Gasteiger partial charge >= 0.3 is 0 Å². The molecule has 3 aromatic rings. The quantitative estimate of drug-likeness (QED) is 0.553. The molecule has 5 nitrogen and oxygen atoms in total. The van der Waals surface area contributed by atoms with E-state index in [4.69, 9.17) is 11.6 Å². The van der Waals surface area contributed by atoms with Crippen molar-refractivity contribution in [2.75, 3.05) is 11.1 Å². The summed E-state index contributed by atoms with van der Waals surface area (Å²) in [5, 5.41) is 12.8. The molecule has 146 valence electrons. The van der Waals surface area contributed by atoms with Gasteiger partial charge in [-0.3, -0.25) is 4.79 Å². The van der Waals surface area contributed by atoms with Crippen LogP contribution >= 0.6 is 23.4 Å². The second-order valence-corrected chi connectivity index (χ2v) is 7.69. The highest BCUT2D eigenvalue weighted by Crippen LogP contribution is 2.28. The summed E-state index contributed by atoms with van der Waals surface area (Å²) < 4.78 is 1.86. The molecule has 1 N–H and O–H groups in total. The SMILES string of the molecule is CCc1cccc(CC)c1NC(=O)CSc1nnc(-c2ccccc2Cl)n1C. The number of hydrogen-bond acceptors (Lipinski definition) is 4. The molecule has 0 spiro atoms. The summed E-state index contributed by atoms with van der Waals surface area (Å²) in [5.74, 6) is 0.886. The fraction of sp³-hybridized carbons (Fsp3) is 0.286. The van der Waals surface area contributed by atoms with Gasteiger partial charge in [-0.05, 0) is 36.1 Å². The Morgan fingerprint density at radius 1 is 1.07 bits per heavy atom. The molecule has 0 saturated carbocycles. The first-order chi connectivity index (χ1) is 13.5. The number of carbonyl (C=O) groups excluding carboxylic acids is 1. The molecule has 0 radical (unpaired) electrons. The molecular weight excluding hydrogens is 392 g/mol. The Morgan fingerprint density at radius 2 is 1.75 bits per heavy atom. The highest BCUT2D eigenvalue weighted by Gasteiger charge is 2.16. The topological polar surface area (TPSA) is 59.8 Å². The van der Waals surface area contributed by atoms with Crippen molar-refractivity contribution >= 4 is 35.0 Å². The Hall–Kier alpha value is -2.31. The summed E-state index contributed by atoms with van der Waals surface area (Å²) in [4.78, 5) is 12.6. The average molecular weight is 415 g/mol. The molecule has 1 amide bonds. The lowest BCUT2D eigenvalue weighted by molar-refractivity contribution is -0.113. The van der Waals surface area contributed by atoms with Crippen LogP contribution in [0.15, 0.2) is 47.6 Å². The summed E-state index contributed by atoms with van der Waals surface area (Å²) in [6, 6.07) is 13.7. The van der Waals surface area contributed by atoms with Crippen molar-refractivity contribution in [2.45, 2.75) is 31.8 Å². The van der Waals surface area contributed by atoms with Crippen molar-refractivity contribution < 1.29 is 4.79 Å². The van der Waals surface area contributed by atoms with Crippen molar-refractivity contribution in [1.82, 2.24) is 14.8 Å². The third kappa shape index (κ3) is 4.39. The van der Waals surface area contributed by atoms with Crippen LogP contribution in [0.1, 0.15) is 25.0 Å². The maximum absolute atomic E-state index is 12.6. The van der Waals surface area contributed by atoms with E-state index in [9.17, 15) is 4.79 Å². The molecule has 0 unspecified atom stereocenters. The summed E-state index contributed by atoms with van der Waals surface area (Å²) in [5.41, 5.74) is 4.06. The van der Waals surface area contributed by atoms with Crippen molar-refractivity contribution in [3.63, 3.8) is 0 Å². The summed E-state index contributed by atoms with van der Waals surface area (Å²) in [7, 11) is 1.88. The van der Waals surface area contributed by atoms with E-state index in [1.807, 2.05) is 41.9 Å². The van der Waals surface area contributed by atoms with Gasteiger partial charge in [-0.15, -0.1) is 10.2 Å². The zero-order valence-electron chi connectivity index (χ0n) is 16.2. The van der Waals surface area contributed by atoms with Crippen LogP contribution in [0.4, 0.5) is 5.69 Å². The van der Waals surface area contributed by atoms with Gasteiger partial charge in [0.05, 0.1) is 10.8 Å². The lowest BCUT2D eigenvalue weighted by Crippen LogP contribution is -2.17. The number of carbonyl (C=O) groups is 1. The number of aromatic nitrogens is 3. The molecule has 7 heteroatoms. The molecule has 0 bridgehead atoms. The number of nitrogens with zero attached hydrogens (tertiary/aromatic N) is 3. The van der Waals surface area contributed by atoms with Crippen LogP contribution in [-0.4, -0.2) is 26.4 Å². The average Bonchev–Trinajstić information content (AvgIpc) is 3.07. The number of para-hydroxylation sites is 1. The second-order valence-electron chi connectivity index (χ2n) is 6.34. The number of benzene rings is 2. The lowest BCUT2D eigenvalue weighted by Gasteiger charge is -2.14. The second kappa shape index (κ2) is 9.26. The highest BCUT2D eigenvalue weighted by atomic mass is 35.5. The molecule has 0 atom stereocenters. The van der Waals surface area contributed by atoms with Crippen LogP contribution in [0.5, 0.6) is 0 Å². The van der Waals surface area contributed by atoms with Gasteiger partial charge in [0.1, 0.15) is 0 Å². The number of anilines is 1. The van der Waals surface area contributed by atoms with Gasteiger partial charge in [-0.2, -0.15) is 0 Å². The van der Waals surface area contributed by atoms with E-state index in [-0.39, 0.29) is 11.7 Å². The molecule has 1 aromatic heterocycles. The van der Waals surface area contributed by atoms with Gasteiger partial charge in [0.15, 0.2) is 11.0 Å². The minimum absolute atomic E-state index is 0.0529. The van der Waals surface area contributed by atoms with Crippen LogP contribution in [0.2, 0.25) is 5.02 Å². The van der Waals surface area contributed by atoms with Crippen LogP contribution in [-0.2, 0) is 24.7 Å². The van der Waals surface area contributed by atoms with E-state index >= 15 is 0 Å². The molecule has 3 rings (SSSR count). The molecule has 28 heavy (non-hydrogen) atoms. The molecule has 2 aromatic carbocycles. The molecular formula is C21H23ClN4OS. The van der Waals surface area contributed by atoms with E-state index < -0.39 is 0 Å². The summed E-state index contributed by atoms with van der Waals surface area (Å²) in [6.07, 6.45) is 1.75. The van der Waals surface area contributed by atoms with Gasteiger partial charge in [0, 0.05) is 18.3 Å². The minimum Gasteiger partial charge on any atom is -0.325 e. The van der Waals surface area contributed by atoms with Crippen LogP contribution in [0.25, 0.3) is 11.4 Å². The van der Waals surface area contributed by atoms with E-state index in [2.05, 4.69) is 41.5 Å². The number of rotatable bonds is 7. The Labute approximate surface area is 174 Å². The Balaban J connectivity index is 1.71. The van der Waals surface area contributed by atoms with E-state index in [1.54, 1.807) is 0 Å². The van der Waals surface area contributed by atoms with Gasteiger partial charge < -0.3 is 9.88 Å². The lowest BCUT2D eigenvalue weighted by atomic mass is 10.0. The van der Waals surface area contributed by atoms with Crippen LogP contribution in [0, 0.1) is 0 Å². The van der Waals surface area contributed by atoms with E-state index in [0.29, 0.717) is 16.0 Å². The smallest absolute Gasteiger partial charge is 0.234 e. The van der Waals surface area contributed by atoms with Crippen molar-refractivity contribution in [3.05, 3.63) is 58.6 Å². The number of halogens is 1. The fourth-order valence-electron chi connectivity index (χ4n) is 3.03. The molecule has 0 aliphatic heterocycles. The third-order valence-electron chi connectivity index (χ3n) is 4.55. The molecule has 1 heterocycles. The Morgan fingerprint density at radius 3 is 2.39 bits per heavy atom. The first kappa shape index (κ1) is 20.4. The number of hydrogen-bond donors (Lipinski definition) is 1. The number of aryl methyl sites for hydroxylation is 2. The highest BCUT2D eigenvalue weighted by molar-refractivity contribution is 7.99. The molecule has 0 fully saturated rings. The zero-order chi connectivity index (χ0) is 20.1. The molecule has 0 aliphatic carbocycles. The zero-order valence-corrected chi connectivity index (χ0v) is 17.8. The van der Waals surface area contributed by atoms with Gasteiger partial charge in [0.25, 0.3) is 0 Å². The number of amides is 1. The number of thioether (sulfide) groups is 1. The largest absolute Gasteiger partial charge is 0.325 e. The first-order valence-electron chi connectivity index (χ1n) is 9.22. The van der Waals surface area contributed by atoms with Gasteiger partial charge in [-0.1, -0.05) is 67.5 Å². The normalized spacial score (nSPS) is 10.9. The maximum atomic E-state index is 12.6. The Bertz CT molecular complexity index is 964. The molecule has 0 aliphatic rings. The minimum atomic E-state index is -0.0529. The summed E-state index contributed by atoms with van der Waals surface area (Å²) in [6.45, 7) is 4.18. The fourth-order valence-corrected chi connectivity index (χ4v) is 3.96. The predicted molar refractivity (Wildman–Crippen MR) is 116 cm³/mol. The van der Waals surface area contributed by atoms with E-state index in [1.165, 1.54) is 11.8 Å². The van der Waals surface area contributed by atoms with Crippen molar-refractivity contribution in [1.29, 1.82) is 0 Å². The Kier molecular flexibility index (Phi) is 6.75. The van der Waals surface area contributed by atoms with Gasteiger partial charge in [-0.25, -0.2) is 0 Å². The molecule has 0 saturated heterocycles. The third-order valence-corrected chi connectivity index (χ3v) is 5.90. The van der Waals surface area contributed by atoms with Gasteiger partial charge in [0.2, 0.25) is 5.91 Å². The van der Waals surface area contributed by atoms with E-state index in [0.717, 1.165) is 35.2 Å². The standard InChI is InChI=1S/C21H23ClN4OS/c1-4-14-9-8-10-15(5-2)19(14)23-18(27)13-28-21-25-24-20(26(21)3)16-11-6-7-12-17(16)22/h6-12H,4-5,13H2,1-3H3,(H,23,27). The van der Waals surface area contributed by atoms with Crippen molar-refractivity contribution in [2.24, 2.45) is 7.05 Å². The predicted octanol–water partition coefficient (Wildman–Crippen LogP) is 4.99. The number of nitrogens with one attached hydrogen (secondary N) is 1. The first-order valence-corrected chi connectivity index (χ1v) is 10.6. The van der Waals surface area contributed by atoms with Crippen LogP contribution < -0.4 is 5.32 Å². The maximum Gasteiger partial charge on any atom is 0.234 e. The van der Waals surface area contributed by atoms with Crippen molar-refractivity contribution in [3.8, 4) is 11.4 Å². The monoisotopic (exact) mass is 414 g/mol. The van der Waals surface area contributed by atoms with Crippen LogP contribution in [0.3, 0.4) is 0 Å².